The number of ether oxygens (including phenoxy) is 1. The first-order valence-electron chi connectivity index (χ1n) is 5.41. The van der Waals surface area contributed by atoms with Crippen LogP contribution in [0.5, 0.6) is 5.75 Å². The summed E-state index contributed by atoms with van der Waals surface area (Å²) in [6.45, 7) is 3.02. The van der Waals surface area contributed by atoms with Gasteiger partial charge in [0.1, 0.15) is 11.6 Å². The Balaban J connectivity index is 2.34. The summed E-state index contributed by atoms with van der Waals surface area (Å²) in [6.07, 6.45) is 0. The Morgan fingerprint density at radius 1 is 1.41 bits per heavy atom. The highest BCUT2D eigenvalue weighted by Gasteiger charge is 2.03. The number of methoxy groups -OCH3 is 1. The smallest absolute Gasteiger partial charge is 0.216 e. The molecule has 0 aliphatic carbocycles. The molecule has 1 aromatic carbocycles. The van der Waals surface area contributed by atoms with Crippen LogP contribution in [0.2, 0.25) is 0 Å². The number of carbonyl (C=O) groups is 1. The number of benzene rings is 1. The average molecular weight is 240 g/mol. The molecule has 17 heavy (non-hydrogen) atoms. The van der Waals surface area contributed by atoms with Crippen molar-refractivity contribution in [2.45, 2.75) is 13.5 Å². The highest BCUT2D eigenvalue weighted by atomic mass is 19.1. The fourth-order valence-corrected chi connectivity index (χ4v) is 1.35. The summed E-state index contributed by atoms with van der Waals surface area (Å²) in [4.78, 5) is 10.6. The number of hydrogen-bond acceptors (Lipinski definition) is 3. The van der Waals surface area contributed by atoms with Crippen molar-refractivity contribution in [3.8, 4) is 5.75 Å². The third kappa shape index (κ3) is 4.82. The molecule has 1 amide bonds. The SMILES string of the molecule is COc1ccc(CNCCNC(C)=O)c(F)c1. The molecule has 0 saturated heterocycles. The van der Waals surface area contributed by atoms with E-state index in [1.54, 1.807) is 12.1 Å². The molecule has 0 spiro atoms. The first kappa shape index (κ1) is 13.4. The lowest BCUT2D eigenvalue weighted by molar-refractivity contribution is -0.118. The number of hydrogen-bond donors (Lipinski definition) is 2. The second-order valence-corrected chi connectivity index (χ2v) is 3.62. The minimum Gasteiger partial charge on any atom is -0.497 e. The second kappa shape index (κ2) is 6.85. The lowest BCUT2D eigenvalue weighted by Crippen LogP contribution is -2.30. The maximum absolute atomic E-state index is 13.5. The van der Waals surface area contributed by atoms with Gasteiger partial charge in [-0.2, -0.15) is 0 Å². The fraction of sp³-hybridized carbons (Fsp3) is 0.417. The molecule has 4 nitrogen and oxygen atoms in total. The summed E-state index contributed by atoms with van der Waals surface area (Å²) >= 11 is 0. The molecule has 5 heteroatoms. The number of nitrogens with one attached hydrogen (secondary N) is 2. The number of halogens is 1. The van der Waals surface area contributed by atoms with Crippen LogP contribution in [0.15, 0.2) is 18.2 Å². The monoisotopic (exact) mass is 240 g/mol. The van der Waals surface area contributed by atoms with Gasteiger partial charge in [-0.05, 0) is 6.07 Å². The van der Waals surface area contributed by atoms with Crippen LogP contribution in [-0.2, 0) is 11.3 Å². The molecular weight excluding hydrogens is 223 g/mol. The van der Waals surface area contributed by atoms with Crippen molar-refractivity contribution in [3.05, 3.63) is 29.6 Å². The second-order valence-electron chi connectivity index (χ2n) is 3.62. The van der Waals surface area contributed by atoms with E-state index < -0.39 is 0 Å². The standard InChI is InChI=1S/C12H17FN2O2/c1-9(16)15-6-5-14-8-10-3-4-11(17-2)7-12(10)13/h3-4,7,14H,5-6,8H2,1-2H3,(H,15,16). The molecule has 1 aromatic rings. The molecule has 0 bridgehead atoms. The highest BCUT2D eigenvalue weighted by Crippen LogP contribution is 2.15. The summed E-state index contributed by atoms with van der Waals surface area (Å²) in [5.41, 5.74) is 0.577. The number of carbonyl (C=O) groups excluding carboxylic acids is 1. The third-order valence-electron chi connectivity index (χ3n) is 2.25. The summed E-state index contributed by atoms with van der Waals surface area (Å²) in [5, 5.41) is 5.69. The van der Waals surface area contributed by atoms with Crippen molar-refractivity contribution >= 4 is 5.91 Å². The molecule has 0 fully saturated rings. The molecule has 94 valence electrons. The molecule has 0 radical (unpaired) electrons. The van der Waals surface area contributed by atoms with E-state index in [2.05, 4.69) is 10.6 Å². The van der Waals surface area contributed by atoms with E-state index in [0.29, 0.717) is 30.9 Å². The summed E-state index contributed by atoms with van der Waals surface area (Å²) in [7, 11) is 1.50. The van der Waals surface area contributed by atoms with Crippen LogP contribution in [0.1, 0.15) is 12.5 Å². The topological polar surface area (TPSA) is 50.4 Å². The predicted molar refractivity (Wildman–Crippen MR) is 63.3 cm³/mol. The van der Waals surface area contributed by atoms with Crippen LogP contribution < -0.4 is 15.4 Å². The van der Waals surface area contributed by atoms with E-state index in [1.807, 2.05) is 0 Å². The number of amides is 1. The fourth-order valence-electron chi connectivity index (χ4n) is 1.35. The molecule has 0 saturated carbocycles. The molecule has 1 rings (SSSR count). The Morgan fingerprint density at radius 3 is 2.76 bits per heavy atom. The zero-order chi connectivity index (χ0) is 12.7. The van der Waals surface area contributed by atoms with Crippen molar-refractivity contribution in [2.24, 2.45) is 0 Å². The van der Waals surface area contributed by atoms with Crippen LogP contribution in [0.3, 0.4) is 0 Å². The van der Waals surface area contributed by atoms with E-state index in [-0.39, 0.29) is 11.7 Å². The first-order valence-corrected chi connectivity index (χ1v) is 5.41. The Bertz CT molecular complexity index is 383. The average Bonchev–Trinajstić information content (AvgIpc) is 2.30. The molecule has 0 aliphatic rings. The maximum Gasteiger partial charge on any atom is 0.216 e. The van der Waals surface area contributed by atoms with Gasteiger partial charge in [0.2, 0.25) is 5.91 Å². The zero-order valence-corrected chi connectivity index (χ0v) is 10.0. The molecule has 0 atom stereocenters. The highest BCUT2D eigenvalue weighted by molar-refractivity contribution is 5.72. The third-order valence-corrected chi connectivity index (χ3v) is 2.25. The van der Waals surface area contributed by atoms with Crippen molar-refractivity contribution in [3.63, 3.8) is 0 Å². The maximum atomic E-state index is 13.5. The van der Waals surface area contributed by atoms with Gasteiger partial charge in [-0.3, -0.25) is 4.79 Å². The van der Waals surface area contributed by atoms with Crippen molar-refractivity contribution in [2.75, 3.05) is 20.2 Å². The molecule has 0 unspecified atom stereocenters. The van der Waals surface area contributed by atoms with Gasteiger partial charge >= 0.3 is 0 Å². The molecular formula is C12H17FN2O2. The van der Waals surface area contributed by atoms with E-state index in [4.69, 9.17) is 4.74 Å². The molecule has 0 heterocycles. The van der Waals surface area contributed by atoms with E-state index >= 15 is 0 Å². The Hall–Kier alpha value is -1.62. The van der Waals surface area contributed by atoms with Gasteiger partial charge in [0.25, 0.3) is 0 Å². The van der Waals surface area contributed by atoms with Crippen LogP contribution in [0, 0.1) is 5.82 Å². The molecule has 0 aromatic heterocycles. The Labute approximate surface area is 100 Å². The van der Waals surface area contributed by atoms with Crippen molar-refractivity contribution in [1.29, 1.82) is 0 Å². The largest absolute Gasteiger partial charge is 0.497 e. The van der Waals surface area contributed by atoms with Gasteiger partial charge in [-0.25, -0.2) is 4.39 Å². The minimum absolute atomic E-state index is 0.0672. The lowest BCUT2D eigenvalue weighted by Gasteiger charge is -2.07. The van der Waals surface area contributed by atoms with E-state index in [0.717, 1.165) is 0 Å². The minimum atomic E-state index is -0.295. The van der Waals surface area contributed by atoms with Crippen LogP contribution in [0.25, 0.3) is 0 Å². The quantitative estimate of drug-likeness (QED) is 0.731. The van der Waals surface area contributed by atoms with E-state index in [9.17, 15) is 9.18 Å². The van der Waals surface area contributed by atoms with Crippen LogP contribution in [-0.4, -0.2) is 26.1 Å². The van der Waals surface area contributed by atoms with Gasteiger partial charge in [0.05, 0.1) is 7.11 Å². The lowest BCUT2D eigenvalue weighted by atomic mass is 10.2. The molecule has 0 aliphatic heterocycles. The summed E-state index contributed by atoms with van der Waals surface area (Å²) in [5.74, 6) is 0.142. The van der Waals surface area contributed by atoms with Gasteiger partial charge in [0, 0.05) is 38.2 Å². The van der Waals surface area contributed by atoms with Gasteiger partial charge < -0.3 is 15.4 Å². The van der Waals surface area contributed by atoms with Crippen LogP contribution in [0.4, 0.5) is 4.39 Å². The number of rotatable bonds is 6. The Kier molecular flexibility index (Phi) is 5.42. The van der Waals surface area contributed by atoms with Gasteiger partial charge in [-0.15, -0.1) is 0 Å². The zero-order valence-electron chi connectivity index (χ0n) is 10.0. The summed E-state index contributed by atoms with van der Waals surface area (Å²) in [6, 6.07) is 4.75. The summed E-state index contributed by atoms with van der Waals surface area (Å²) < 4.78 is 18.4. The van der Waals surface area contributed by atoms with Crippen molar-refractivity contribution < 1.29 is 13.9 Å². The predicted octanol–water partition coefficient (Wildman–Crippen LogP) is 1.06. The van der Waals surface area contributed by atoms with Crippen LogP contribution >= 0.6 is 0 Å². The normalized spacial score (nSPS) is 10.1. The Morgan fingerprint density at radius 2 is 2.18 bits per heavy atom. The molecule has 2 N–H and O–H groups in total. The van der Waals surface area contributed by atoms with Crippen molar-refractivity contribution in [1.82, 2.24) is 10.6 Å². The van der Waals surface area contributed by atoms with E-state index in [1.165, 1.54) is 20.1 Å². The van der Waals surface area contributed by atoms with Gasteiger partial charge in [0.15, 0.2) is 0 Å². The first-order chi connectivity index (χ1) is 8.13. The van der Waals surface area contributed by atoms with Gasteiger partial charge in [-0.1, -0.05) is 6.07 Å².